The van der Waals surface area contributed by atoms with E-state index >= 15 is 0 Å². The van der Waals surface area contributed by atoms with Crippen LogP contribution in [-0.4, -0.2) is 68.5 Å². The highest BCUT2D eigenvalue weighted by atomic mass is 31.2. The molecule has 0 aromatic heterocycles. The number of quaternary nitrogens is 1. The van der Waals surface area contributed by atoms with Crippen LogP contribution >= 0.6 is 7.82 Å². The summed E-state index contributed by atoms with van der Waals surface area (Å²) in [6, 6.07) is -0.928. The number of aliphatic hydroxyl groups is 1. The third kappa shape index (κ3) is 45.8. The van der Waals surface area contributed by atoms with Crippen molar-refractivity contribution in [3.05, 3.63) is 72.9 Å². The van der Waals surface area contributed by atoms with E-state index in [1.807, 2.05) is 27.2 Å². The van der Waals surface area contributed by atoms with Crippen LogP contribution in [0.2, 0.25) is 0 Å². The van der Waals surface area contributed by atoms with Crippen LogP contribution in [0.3, 0.4) is 0 Å². The van der Waals surface area contributed by atoms with E-state index in [1.54, 1.807) is 6.08 Å². The summed E-state index contributed by atoms with van der Waals surface area (Å²) >= 11 is 0. The van der Waals surface area contributed by atoms with Gasteiger partial charge in [0.05, 0.1) is 39.9 Å². The minimum Gasteiger partial charge on any atom is -0.756 e. The van der Waals surface area contributed by atoms with E-state index in [9.17, 15) is 19.4 Å². The van der Waals surface area contributed by atoms with Crippen molar-refractivity contribution in [2.24, 2.45) is 0 Å². The highest BCUT2D eigenvalue weighted by Gasteiger charge is 2.23. The van der Waals surface area contributed by atoms with Crippen LogP contribution in [-0.2, 0) is 18.4 Å². The van der Waals surface area contributed by atoms with Crippen LogP contribution in [0, 0.1) is 0 Å². The van der Waals surface area contributed by atoms with Crippen molar-refractivity contribution in [3.63, 3.8) is 0 Å². The maximum absolute atomic E-state index is 12.8. The second-order valence-corrected chi connectivity index (χ2v) is 19.2. The van der Waals surface area contributed by atoms with Crippen molar-refractivity contribution in [1.29, 1.82) is 0 Å². The number of phosphoric ester groups is 1. The first kappa shape index (κ1) is 58.9. The van der Waals surface area contributed by atoms with E-state index in [2.05, 4.69) is 79.9 Å². The number of carbonyl (C=O) groups excluding carboxylic acids is 1. The first-order valence-electron chi connectivity index (χ1n) is 24.8. The zero-order valence-corrected chi connectivity index (χ0v) is 41.0. The van der Waals surface area contributed by atoms with Gasteiger partial charge in [0.2, 0.25) is 5.91 Å². The number of carbonyl (C=O) groups is 1. The first-order valence-corrected chi connectivity index (χ1v) is 26.3. The number of amides is 1. The van der Waals surface area contributed by atoms with E-state index in [4.69, 9.17) is 9.05 Å². The Bertz CT molecular complexity index is 1220. The fourth-order valence-electron chi connectivity index (χ4n) is 6.73. The molecule has 0 aliphatic heterocycles. The molecule has 354 valence electrons. The van der Waals surface area contributed by atoms with Gasteiger partial charge in [0.25, 0.3) is 7.82 Å². The minimum atomic E-state index is -4.61. The molecular weight excluding hydrogens is 780 g/mol. The van der Waals surface area contributed by atoms with Crippen LogP contribution in [0.25, 0.3) is 0 Å². The van der Waals surface area contributed by atoms with Gasteiger partial charge in [-0.2, -0.15) is 0 Å². The van der Waals surface area contributed by atoms with E-state index in [1.165, 1.54) is 109 Å². The summed E-state index contributed by atoms with van der Waals surface area (Å²) in [5, 5.41) is 13.8. The molecule has 0 saturated carbocycles. The minimum absolute atomic E-state index is 0.0182. The molecule has 0 bridgehead atoms. The van der Waals surface area contributed by atoms with E-state index in [0.717, 1.165) is 64.2 Å². The Morgan fingerprint density at radius 3 is 1.52 bits per heavy atom. The average molecular weight is 875 g/mol. The average Bonchev–Trinajstić information content (AvgIpc) is 3.21. The van der Waals surface area contributed by atoms with Gasteiger partial charge in [0.1, 0.15) is 13.2 Å². The van der Waals surface area contributed by atoms with Gasteiger partial charge in [-0.1, -0.05) is 189 Å². The molecule has 0 rings (SSSR count). The molecule has 0 aromatic rings. The molecular formula is C52H95N2O6P. The number of allylic oxidation sites excluding steroid dienone is 11. The largest absolute Gasteiger partial charge is 0.756 e. The lowest BCUT2D eigenvalue weighted by Gasteiger charge is -2.29. The third-order valence-corrected chi connectivity index (χ3v) is 11.6. The SMILES string of the molecule is CC/C=C\C/C=C\C/C=C\CCCCCC(=O)NC(COP(=O)([O-])OCC[N+](C)(C)C)C(O)/C=C/CC/C=C/CC/C=C/CCCCCCCCCCCCCCCCCC. The summed E-state index contributed by atoms with van der Waals surface area (Å²) in [6.07, 6.45) is 58.4. The highest BCUT2D eigenvalue weighted by molar-refractivity contribution is 7.45. The van der Waals surface area contributed by atoms with Gasteiger partial charge in [-0.05, 0) is 77.0 Å². The Balaban J connectivity index is 4.37. The van der Waals surface area contributed by atoms with Crippen LogP contribution in [0.15, 0.2) is 72.9 Å². The lowest BCUT2D eigenvalue weighted by Crippen LogP contribution is -2.45. The van der Waals surface area contributed by atoms with Crippen LogP contribution in [0.4, 0.5) is 0 Å². The van der Waals surface area contributed by atoms with Crippen molar-refractivity contribution < 1.29 is 32.9 Å². The number of hydrogen-bond donors (Lipinski definition) is 2. The van der Waals surface area contributed by atoms with Gasteiger partial charge in [0, 0.05) is 6.42 Å². The van der Waals surface area contributed by atoms with Crippen molar-refractivity contribution in [1.82, 2.24) is 5.32 Å². The van der Waals surface area contributed by atoms with Gasteiger partial charge in [-0.15, -0.1) is 0 Å². The molecule has 3 unspecified atom stereocenters. The predicted molar refractivity (Wildman–Crippen MR) is 260 cm³/mol. The van der Waals surface area contributed by atoms with Gasteiger partial charge in [0.15, 0.2) is 0 Å². The Morgan fingerprint density at radius 2 is 1.02 bits per heavy atom. The predicted octanol–water partition coefficient (Wildman–Crippen LogP) is 13.7. The second-order valence-electron chi connectivity index (χ2n) is 17.8. The lowest BCUT2D eigenvalue weighted by molar-refractivity contribution is -0.870. The third-order valence-electron chi connectivity index (χ3n) is 10.6. The molecule has 0 aliphatic rings. The quantitative estimate of drug-likeness (QED) is 0.0273. The Labute approximate surface area is 376 Å². The summed E-state index contributed by atoms with van der Waals surface area (Å²) in [6.45, 7) is 4.47. The fraction of sp³-hybridized carbons (Fsp3) is 0.750. The molecule has 0 spiro atoms. The lowest BCUT2D eigenvalue weighted by atomic mass is 10.0. The van der Waals surface area contributed by atoms with Crippen molar-refractivity contribution in [2.75, 3.05) is 40.9 Å². The number of unbranched alkanes of at least 4 members (excludes halogenated alkanes) is 21. The number of likely N-dealkylation sites (N-methyl/N-ethyl adjacent to an activating group) is 1. The molecule has 2 N–H and O–H groups in total. The maximum Gasteiger partial charge on any atom is 0.268 e. The Kier molecular flexibility index (Phi) is 41.7. The summed E-state index contributed by atoms with van der Waals surface area (Å²) in [5.41, 5.74) is 0. The molecule has 8 nitrogen and oxygen atoms in total. The maximum atomic E-state index is 12.8. The Hall–Kier alpha value is -2.06. The number of rotatable bonds is 44. The van der Waals surface area contributed by atoms with Crippen molar-refractivity contribution in [2.45, 2.75) is 212 Å². The topological polar surface area (TPSA) is 108 Å². The summed E-state index contributed by atoms with van der Waals surface area (Å²) < 4.78 is 23.2. The van der Waals surface area contributed by atoms with Crippen molar-refractivity contribution >= 4 is 13.7 Å². The number of nitrogens with one attached hydrogen (secondary N) is 1. The van der Waals surface area contributed by atoms with Crippen LogP contribution in [0.5, 0.6) is 0 Å². The standard InChI is InChI=1S/C52H95N2O6P/c1-6-8-10-12-14-16-18-20-21-22-23-24-25-26-27-28-29-30-31-32-34-35-37-39-41-43-45-51(55)50(49-60-61(57,58)59-48-47-54(3,4)5)53-52(56)46-44-42-40-38-36-33-19-17-15-13-11-9-7-2/h9,11,15,17,30-31,33,35-37,43,45,50-51,55H,6-8,10,12-14,16,18-29,32,34,38-42,44,46-49H2,1-5H3,(H-,53,56,57,58)/b11-9-,17-15-,31-30+,36-33-,37-35+,45-43+. The molecule has 0 heterocycles. The summed E-state index contributed by atoms with van der Waals surface area (Å²) in [5.74, 6) is -0.243. The van der Waals surface area contributed by atoms with E-state index in [-0.39, 0.29) is 12.5 Å². The first-order chi connectivity index (χ1) is 29.5. The molecule has 9 heteroatoms. The highest BCUT2D eigenvalue weighted by Crippen LogP contribution is 2.38. The smallest absolute Gasteiger partial charge is 0.268 e. The van der Waals surface area contributed by atoms with Crippen molar-refractivity contribution in [3.8, 4) is 0 Å². The van der Waals surface area contributed by atoms with Crippen LogP contribution in [0.1, 0.15) is 200 Å². The molecule has 0 radical (unpaired) electrons. The van der Waals surface area contributed by atoms with Gasteiger partial charge in [-0.3, -0.25) is 9.36 Å². The molecule has 3 atom stereocenters. The normalized spacial score (nSPS) is 14.8. The summed E-state index contributed by atoms with van der Waals surface area (Å²) in [7, 11) is 1.20. The van der Waals surface area contributed by atoms with Gasteiger partial charge >= 0.3 is 0 Å². The molecule has 0 saturated heterocycles. The monoisotopic (exact) mass is 875 g/mol. The van der Waals surface area contributed by atoms with E-state index < -0.39 is 26.6 Å². The zero-order chi connectivity index (χ0) is 45.0. The number of phosphoric acid groups is 1. The van der Waals surface area contributed by atoms with E-state index in [0.29, 0.717) is 23.9 Å². The molecule has 61 heavy (non-hydrogen) atoms. The van der Waals surface area contributed by atoms with Gasteiger partial charge < -0.3 is 28.8 Å². The summed E-state index contributed by atoms with van der Waals surface area (Å²) in [4.78, 5) is 25.3. The molecule has 0 fully saturated rings. The number of hydrogen-bond acceptors (Lipinski definition) is 6. The number of aliphatic hydroxyl groups excluding tert-OH is 1. The number of nitrogens with zero attached hydrogens (tertiary/aromatic N) is 1. The zero-order valence-electron chi connectivity index (χ0n) is 40.1. The second kappa shape index (κ2) is 43.2. The molecule has 1 amide bonds. The molecule has 0 aromatic carbocycles. The van der Waals surface area contributed by atoms with Gasteiger partial charge in [-0.25, -0.2) is 0 Å². The van der Waals surface area contributed by atoms with Crippen LogP contribution < -0.4 is 10.2 Å². The Morgan fingerprint density at radius 1 is 0.590 bits per heavy atom. The molecule has 0 aliphatic carbocycles. The fourth-order valence-corrected chi connectivity index (χ4v) is 7.45.